The second kappa shape index (κ2) is 11.1. The van der Waals surface area contributed by atoms with Gasteiger partial charge in [-0.05, 0) is 68.5 Å². The number of hydrogen-bond donors (Lipinski definition) is 0. The maximum Gasteiger partial charge on any atom is 0.338 e. The first-order valence-corrected chi connectivity index (χ1v) is 14.4. The summed E-state index contributed by atoms with van der Waals surface area (Å²) in [7, 11) is 0. The van der Waals surface area contributed by atoms with Gasteiger partial charge in [-0.1, -0.05) is 29.5 Å². The lowest BCUT2D eigenvalue weighted by Gasteiger charge is -2.24. The maximum absolute atomic E-state index is 13.8. The predicted octanol–water partition coefficient (Wildman–Crippen LogP) is 5.00. The van der Waals surface area contributed by atoms with E-state index in [-0.39, 0.29) is 17.9 Å². The zero-order valence-corrected chi connectivity index (χ0v) is 23.8. The van der Waals surface area contributed by atoms with Crippen LogP contribution in [0.15, 0.2) is 85.0 Å². The van der Waals surface area contributed by atoms with Crippen molar-refractivity contribution in [2.24, 2.45) is 4.99 Å². The Labute approximate surface area is 237 Å². The number of rotatable bonds is 7. The van der Waals surface area contributed by atoms with Gasteiger partial charge >= 0.3 is 5.97 Å². The van der Waals surface area contributed by atoms with Crippen molar-refractivity contribution in [3.05, 3.63) is 113 Å². The van der Waals surface area contributed by atoms with Gasteiger partial charge in [0.05, 0.1) is 38.9 Å². The number of nitrogens with zero attached hydrogens (tertiary/aromatic N) is 3. The van der Waals surface area contributed by atoms with Gasteiger partial charge in [0.2, 0.25) is 0 Å². The number of nitro groups is 1. The van der Waals surface area contributed by atoms with Crippen LogP contribution >= 0.6 is 23.1 Å². The lowest BCUT2D eigenvalue weighted by molar-refractivity contribution is -0.384. The van der Waals surface area contributed by atoms with Crippen molar-refractivity contribution in [2.75, 3.05) is 12.9 Å². The largest absolute Gasteiger partial charge is 0.463 e. The number of carbonyl (C=O) groups is 1. The van der Waals surface area contributed by atoms with E-state index in [1.807, 2.05) is 30.5 Å². The highest BCUT2D eigenvalue weighted by Crippen LogP contribution is 2.33. The van der Waals surface area contributed by atoms with Gasteiger partial charge in [-0.15, -0.1) is 11.8 Å². The highest BCUT2D eigenvalue weighted by molar-refractivity contribution is 7.98. The number of aryl methyl sites for hydroxylation is 1. The monoisotopic (exact) mass is 575 g/mol. The van der Waals surface area contributed by atoms with Crippen molar-refractivity contribution in [3.8, 4) is 11.3 Å². The Morgan fingerprint density at radius 3 is 2.62 bits per heavy atom. The molecule has 1 aliphatic rings. The summed E-state index contributed by atoms with van der Waals surface area (Å²) in [5, 5.41) is 11.6. The number of benzene rings is 2. The average Bonchev–Trinajstić information content (AvgIpc) is 3.52. The summed E-state index contributed by atoms with van der Waals surface area (Å²) in [6.07, 6.45) is 3.56. The number of hydrogen-bond acceptors (Lipinski definition) is 9. The van der Waals surface area contributed by atoms with Gasteiger partial charge < -0.3 is 9.15 Å². The molecule has 3 heterocycles. The van der Waals surface area contributed by atoms with Crippen LogP contribution in [0.4, 0.5) is 5.69 Å². The standard InChI is InChI=1S/C29H25N3O6S2/c1-5-37-28(34)25-17(3)30-29-31(26(25)18-7-10-20(39-4)11-8-18)27(33)24(40-29)15-19-9-13-23(38-19)21-12-6-16(2)14-22(21)32(35)36/h6-15,26H,5H2,1-4H3/b24-15-/t26-/m1/s1. The molecule has 0 spiro atoms. The van der Waals surface area contributed by atoms with Crippen LogP contribution in [0.1, 0.15) is 36.8 Å². The van der Waals surface area contributed by atoms with Crippen LogP contribution in [0.25, 0.3) is 17.4 Å². The van der Waals surface area contributed by atoms with Gasteiger partial charge in [0.25, 0.3) is 11.2 Å². The van der Waals surface area contributed by atoms with Crippen molar-refractivity contribution >= 4 is 40.8 Å². The fourth-order valence-electron chi connectivity index (χ4n) is 4.60. The number of thioether (sulfide) groups is 1. The zero-order valence-electron chi connectivity index (χ0n) is 22.2. The third kappa shape index (κ3) is 5.05. The smallest absolute Gasteiger partial charge is 0.338 e. The van der Waals surface area contributed by atoms with E-state index < -0.39 is 16.9 Å². The number of carbonyl (C=O) groups excluding carboxylic acids is 1. The molecule has 0 saturated carbocycles. The Morgan fingerprint density at radius 2 is 1.95 bits per heavy atom. The molecule has 204 valence electrons. The van der Waals surface area contributed by atoms with E-state index in [4.69, 9.17) is 9.15 Å². The molecule has 11 heteroatoms. The summed E-state index contributed by atoms with van der Waals surface area (Å²) in [4.78, 5) is 44.1. The number of fused-ring (bicyclic) bond motifs is 1. The zero-order chi connectivity index (χ0) is 28.6. The molecule has 2 aromatic carbocycles. The van der Waals surface area contributed by atoms with Crippen LogP contribution in [-0.4, -0.2) is 28.3 Å². The van der Waals surface area contributed by atoms with Gasteiger partial charge in [-0.25, -0.2) is 9.79 Å². The molecule has 40 heavy (non-hydrogen) atoms. The third-order valence-electron chi connectivity index (χ3n) is 6.46. The molecule has 0 radical (unpaired) electrons. The maximum atomic E-state index is 13.8. The molecule has 0 unspecified atom stereocenters. The van der Waals surface area contributed by atoms with E-state index in [2.05, 4.69) is 4.99 Å². The molecule has 1 aliphatic heterocycles. The number of allylic oxidation sites excluding steroid dienone is 1. The van der Waals surface area contributed by atoms with E-state index >= 15 is 0 Å². The molecule has 4 aromatic rings. The highest BCUT2D eigenvalue weighted by Gasteiger charge is 2.33. The van der Waals surface area contributed by atoms with Crippen LogP contribution < -0.4 is 14.9 Å². The number of furan rings is 1. The molecule has 0 aliphatic carbocycles. The van der Waals surface area contributed by atoms with E-state index in [9.17, 15) is 19.7 Å². The van der Waals surface area contributed by atoms with Crippen LogP contribution in [0.5, 0.6) is 0 Å². The summed E-state index contributed by atoms with van der Waals surface area (Å²) in [6.45, 7) is 5.44. The minimum Gasteiger partial charge on any atom is -0.463 e. The minimum absolute atomic E-state index is 0.0604. The van der Waals surface area contributed by atoms with Gasteiger partial charge in [0.15, 0.2) is 4.80 Å². The van der Waals surface area contributed by atoms with Crippen molar-refractivity contribution < 1.29 is 18.9 Å². The Hall–Kier alpha value is -4.22. The lowest BCUT2D eigenvalue weighted by Crippen LogP contribution is -2.39. The third-order valence-corrected chi connectivity index (χ3v) is 8.19. The molecular weight excluding hydrogens is 550 g/mol. The Morgan fingerprint density at radius 1 is 1.20 bits per heavy atom. The summed E-state index contributed by atoms with van der Waals surface area (Å²) < 4.78 is 13.1. The first kappa shape index (κ1) is 27.4. The van der Waals surface area contributed by atoms with E-state index in [0.29, 0.717) is 37.7 Å². The molecule has 0 saturated heterocycles. The molecule has 1 atom stereocenters. The van der Waals surface area contributed by atoms with Gasteiger partial charge in [-0.2, -0.15) is 0 Å². The van der Waals surface area contributed by atoms with E-state index in [1.54, 1.807) is 62.9 Å². The highest BCUT2D eigenvalue weighted by atomic mass is 32.2. The number of thiazole rings is 1. The fourth-order valence-corrected chi connectivity index (χ4v) is 6.03. The SMILES string of the molecule is CCOC(=O)C1=C(C)N=c2s/c(=C\c3ccc(-c4ccc(C)cc4[N+](=O)[O-])o3)c(=O)n2[C@@H]1c1ccc(SC)cc1. The first-order valence-electron chi connectivity index (χ1n) is 12.4. The van der Waals surface area contributed by atoms with Gasteiger partial charge in [-0.3, -0.25) is 19.5 Å². The number of esters is 1. The van der Waals surface area contributed by atoms with Crippen LogP contribution in [0.3, 0.4) is 0 Å². The molecule has 0 N–H and O–H groups in total. The number of nitro benzene ring substituents is 1. The molecule has 5 rings (SSSR count). The molecule has 0 bridgehead atoms. The summed E-state index contributed by atoms with van der Waals surface area (Å²) in [5.41, 5.74) is 2.26. The molecule has 9 nitrogen and oxygen atoms in total. The summed E-state index contributed by atoms with van der Waals surface area (Å²) >= 11 is 2.77. The molecule has 0 amide bonds. The number of aromatic nitrogens is 1. The summed E-state index contributed by atoms with van der Waals surface area (Å²) in [5.74, 6) is 0.155. The normalized spacial score (nSPS) is 15.1. The van der Waals surface area contributed by atoms with Crippen LogP contribution in [-0.2, 0) is 9.53 Å². The summed E-state index contributed by atoms with van der Waals surface area (Å²) in [6, 6.07) is 15.2. The molecule has 2 aromatic heterocycles. The topological polar surface area (TPSA) is 117 Å². The fraction of sp³-hybridized carbons (Fsp3) is 0.207. The van der Waals surface area contributed by atoms with E-state index in [1.165, 1.54) is 22.0 Å². The second-order valence-corrected chi connectivity index (χ2v) is 10.9. The molecule has 0 fully saturated rings. The van der Waals surface area contributed by atoms with Crippen LogP contribution in [0.2, 0.25) is 0 Å². The number of ether oxygens (including phenoxy) is 1. The van der Waals surface area contributed by atoms with Crippen molar-refractivity contribution in [3.63, 3.8) is 0 Å². The van der Waals surface area contributed by atoms with Crippen molar-refractivity contribution in [2.45, 2.75) is 31.7 Å². The van der Waals surface area contributed by atoms with E-state index in [0.717, 1.165) is 16.0 Å². The molecular formula is C29H25N3O6S2. The Balaban J connectivity index is 1.63. The minimum atomic E-state index is -0.712. The second-order valence-electron chi connectivity index (χ2n) is 9.06. The van der Waals surface area contributed by atoms with Crippen molar-refractivity contribution in [1.29, 1.82) is 0 Å². The average molecular weight is 576 g/mol. The van der Waals surface area contributed by atoms with Crippen molar-refractivity contribution in [1.82, 2.24) is 4.57 Å². The van der Waals surface area contributed by atoms with Gasteiger partial charge in [0.1, 0.15) is 11.5 Å². The Kier molecular flexibility index (Phi) is 7.59. The first-order chi connectivity index (χ1) is 19.2. The van der Waals surface area contributed by atoms with Gasteiger partial charge in [0, 0.05) is 17.0 Å². The lowest BCUT2D eigenvalue weighted by atomic mass is 9.96. The van der Waals surface area contributed by atoms with Crippen LogP contribution in [0, 0.1) is 17.0 Å². The Bertz CT molecular complexity index is 1850. The predicted molar refractivity (Wildman–Crippen MR) is 154 cm³/mol. The quantitative estimate of drug-likeness (QED) is 0.132.